The molecule has 3 heteroatoms. The monoisotopic (exact) mass is 275 g/mol. The number of aliphatic hydroxyl groups is 1. The average molecular weight is 275 g/mol. The van der Waals surface area contributed by atoms with Crippen LogP contribution in [0, 0.1) is 0 Å². The first-order valence-corrected chi connectivity index (χ1v) is 7.81. The summed E-state index contributed by atoms with van der Waals surface area (Å²) in [5.74, 6) is 0.0849. The van der Waals surface area contributed by atoms with E-state index in [1.54, 1.807) is 0 Å². The first-order chi connectivity index (χ1) is 9.70. The van der Waals surface area contributed by atoms with Gasteiger partial charge in [-0.15, -0.1) is 0 Å². The molecule has 0 radical (unpaired) electrons. The third-order valence-corrected chi connectivity index (χ3v) is 3.99. The van der Waals surface area contributed by atoms with Crippen LogP contribution < -0.4 is 5.32 Å². The summed E-state index contributed by atoms with van der Waals surface area (Å²) in [4.78, 5) is 11.3. The zero-order chi connectivity index (χ0) is 14.4. The normalized spacial score (nSPS) is 15.6. The molecule has 20 heavy (non-hydrogen) atoms. The van der Waals surface area contributed by atoms with E-state index in [9.17, 15) is 9.90 Å². The molecular formula is C17H25NO2. The molecule has 0 bridgehead atoms. The number of amides is 1. The number of fused-ring (bicyclic) bond motifs is 1. The molecule has 0 spiro atoms. The lowest BCUT2D eigenvalue weighted by atomic mass is 9.96. The van der Waals surface area contributed by atoms with E-state index in [4.69, 9.17) is 0 Å². The number of aryl methyl sites for hydroxylation is 1. The Kier molecular flexibility index (Phi) is 5.60. The summed E-state index contributed by atoms with van der Waals surface area (Å²) in [6.45, 7) is 2.21. The summed E-state index contributed by atoms with van der Waals surface area (Å²) in [5.41, 5.74) is 3.03. The number of carbonyl (C=O) groups excluding carboxylic acids is 1. The fourth-order valence-electron chi connectivity index (χ4n) is 2.72. The van der Waals surface area contributed by atoms with E-state index in [0.29, 0.717) is 6.42 Å². The van der Waals surface area contributed by atoms with E-state index in [1.807, 2.05) is 18.2 Å². The maximum Gasteiger partial charge on any atom is 0.224 e. The highest BCUT2D eigenvalue weighted by molar-refractivity contribution is 5.93. The second-order valence-corrected chi connectivity index (χ2v) is 5.68. The van der Waals surface area contributed by atoms with Crippen molar-refractivity contribution in [2.24, 2.45) is 0 Å². The minimum absolute atomic E-state index is 0.0849. The smallest absolute Gasteiger partial charge is 0.224 e. The fraction of sp³-hybridized carbons (Fsp3) is 0.588. The average Bonchev–Trinajstić information content (AvgIpc) is 2.46. The number of anilines is 1. The SMILES string of the molecule is CCCCCCCC(O)c1ccc2c(c1)CCC(=O)N2. The molecule has 1 aliphatic rings. The van der Waals surface area contributed by atoms with Gasteiger partial charge < -0.3 is 10.4 Å². The van der Waals surface area contributed by atoms with Crippen molar-refractivity contribution in [2.75, 3.05) is 5.32 Å². The minimum atomic E-state index is -0.375. The van der Waals surface area contributed by atoms with Crippen molar-refractivity contribution in [2.45, 2.75) is 64.4 Å². The van der Waals surface area contributed by atoms with E-state index in [1.165, 1.54) is 25.7 Å². The first kappa shape index (κ1) is 15.0. The van der Waals surface area contributed by atoms with Gasteiger partial charge in [-0.25, -0.2) is 0 Å². The maximum atomic E-state index is 11.3. The molecule has 1 unspecified atom stereocenters. The number of carbonyl (C=O) groups is 1. The Morgan fingerprint density at radius 1 is 1.20 bits per heavy atom. The van der Waals surface area contributed by atoms with Gasteiger partial charge in [0, 0.05) is 12.1 Å². The fourth-order valence-corrected chi connectivity index (χ4v) is 2.72. The van der Waals surface area contributed by atoms with Crippen molar-refractivity contribution in [3.8, 4) is 0 Å². The highest BCUT2D eigenvalue weighted by Gasteiger charge is 2.16. The predicted molar refractivity (Wildman–Crippen MR) is 81.7 cm³/mol. The lowest BCUT2D eigenvalue weighted by molar-refractivity contribution is -0.116. The van der Waals surface area contributed by atoms with Gasteiger partial charge in [0.05, 0.1) is 6.10 Å². The molecule has 3 nitrogen and oxygen atoms in total. The van der Waals surface area contributed by atoms with Crippen LogP contribution in [0.25, 0.3) is 0 Å². The lowest BCUT2D eigenvalue weighted by Crippen LogP contribution is -2.19. The number of unbranched alkanes of at least 4 members (excludes halogenated alkanes) is 4. The Balaban J connectivity index is 1.87. The second kappa shape index (κ2) is 7.44. The van der Waals surface area contributed by atoms with E-state index < -0.39 is 0 Å². The third kappa shape index (κ3) is 4.07. The van der Waals surface area contributed by atoms with Crippen LogP contribution in [0.1, 0.15) is 69.1 Å². The Morgan fingerprint density at radius 3 is 2.80 bits per heavy atom. The molecule has 2 rings (SSSR count). The van der Waals surface area contributed by atoms with Gasteiger partial charge >= 0.3 is 0 Å². The zero-order valence-corrected chi connectivity index (χ0v) is 12.3. The van der Waals surface area contributed by atoms with Gasteiger partial charge in [0.1, 0.15) is 0 Å². The summed E-state index contributed by atoms with van der Waals surface area (Å²) in [6, 6.07) is 5.90. The van der Waals surface area contributed by atoms with Crippen molar-refractivity contribution in [3.63, 3.8) is 0 Å². The Morgan fingerprint density at radius 2 is 2.00 bits per heavy atom. The van der Waals surface area contributed by atoms with Gasteiger partial charge in [-0.2, -0.15) is 0 Å². The largest absolute Gasteiger partial charge is 0.388 e. The van der Waals surface area contributed by atoms with E-state index in [0.717, 1.165) is 36.1 Å². The van der Waals surface area contributed by atoms with Crippen molar-refractivity contribution >= 4 is 11.6 Å². The quantitative estimate of drug-likeness (QED) is 0.740. The van der Waals surface area contributed by atoms with Crippen molar-refractivity contribution in [1.29, 1.82) is 0 Å². The predicted octanol–water partition coefficient (Wildman–Crippen LogP) is 3.97. The molecule has 0 aromatic heterocycles. The molecular weight excluding hydrogens is 250 g/mol. The van der Waals surface area contributed by atoms with E-state index in [-0.39, 0.29) is 12.0 Å². The molecule has 110 valence electrons. The number of rotatable bonds is 7. The van der Waals surface area contributed by atoms with E-state index in [2.05, 4.69) is 12.2 Å². The Labute approximate surface area is 121 Å². The number of aliphatic hydroxyl groups excluding tert-OH is 1. The van der Waals surface area contributed by atoms with Crippen molar-refractivity contribution in [3.05, 3.63) is 29.3 Å². The van der Waals surface area contributed by atoms with Gasteiger partial charge in [0.2, 0.25) is 5.91 Å². The molecule has 0 aliphatic carbocycles. The Hall–Kier alpha value is -1.35. The third-order valence-electron chi connectivity index (χ3n) is 3.99. The topological polar surface area (TPSA) is 49.3 Å². The van der Waals surface area contributed by atoms with Crippen LogP contribution in [0.3, 0.4) is 0 Å². The number of benzene rings is 1. The summed E-state index contributed by atoms with van der Waals surface area (Å²) >= 11 is 0. The summed E-state index contributed by atoms with van der Waals surface area (Å²) in [5, 5.41) is 13.1. The minimum Gasteiger partial charge on any atom is -0.388 e. The van der Waals surface area contributed by atoms with E-state index >= 15 is 0 Å². The van der Waals surface area contributed by atoms with Crippen LogP contribution in [-0.4, -0.2) is 11.0 Å². The molecule has 1 aromatic carbocycles. The van der Waals surface area contributed by atoms with Crippen molar-refractivity contribution in [1.82, 2.24) is 0 Å². The van der Waals surface area contributed by atoms with Crippen LogP contribution in [0.15, 0.2) is 18.2 Å². The van der Waals surface area contributed by atoms with Crippen LogP contribution >= 0.6 is 0 Å². The highest BCUT2D eigenvalue weighted by atomic mass is 16.3. The van der Waals surface area contributed by atoms with Gasteiger partial charge in [-0.1, -0.05) is 51.2 Å². The summed E-state index contributed by atoms with van der Waals surface area (Å²) in [7, 11) is 0. The van der Waals surface area contributed by atoms with Crippen LogP contribution in [0.5, 0.6) is 0 Å². The number of hydrogen-bond acceptors (Lipinski definition) is 2. The van der Waals surface area contributed by atoms with Gasteiger partial charge in [-0.05, 0) is 30.0 Å². The summed E-state index contributed by atoms with van der Waals surface area (Å²) < 4.78 is 0. The van der Waals surface area contributed by atoms with Gasteiger partial charge in [0.15, 0.2) is 0 Å². The first-order valence-electron chi connectivity index (χ1n) is 7.81. The van der Waals surface area contributed by atoms with Crippen molar-refractivity contribution < 1.29 is 9.90 Å². The summed E-state index contributed by atoms with van der Waals surface area (Å²) in [6.07, 6.45) is 7.85. The zero-order valence-electron chi connectivity index (χ0n) is 12.3. The lowest BCUT2D eigenvalue weighted by Gasteiger charge is -2.19. The Bertz CT molecular complexity index is 456. The molecule has 2 N–H and O–H groups in total. The van der Waals surface area contributed by atoms with Crippen LogP contribution in [-0.2, 0) is 11.2 Å². The highest BCUT2D eigenvalue weighted by Crippen LogP contribution is 2.28. The second-order valence-electron chi connectivity index (χ2n) is 5.68. The maximum absolute atomic E-state index is 11.3. The molecule has 1 amide bonds. The molecule has 0 saturated heterocycles. The molecule has 0 saturated carbocycles. The van der Waals surface area contributed by atoms with Crippen LogP contribution in [0.2, 0.25) is 0 Å². The number of hydrogen-bond donors (Lipinski definition) is 2. The molecule has 1 atom stereocenters. The van der Waals surface area contributed by atoms with Gasteiger partial charge in [-0.3, -0.25) is 4.79 Å². The van der Waals surface area contributed by atoms with Crippen LogP contribution in [0.4, 0.5) is 5.69 Å². The molecule has 1 heterocycles. The standard InChI is InChI=1S/C17H25NO2/c1-2-3-4-5-6-7-16(19)14-8-10-15-13(12-14)9-11-17(20)18-15/h8,10,12,16,19H,2-7,9,11H2,1H3,(H,18,20). The molecule has 1 aliphatic heterocycles. The molecule has 0 fully saturated rings. The molecule has 1 aromatic rings. The number of nitrogens with one attached hydrogen (secondary N) is 1. The van der Waals surface area contributed by atoms with Gasteiger partial charge in [0.25, 0.3) is 0 Å².